The fraction of sp³-hybridized carbons (Fsp3) is 0.471. The molecule has 0 spiro atoms. The van der Waals surface area contributed by atoms with Crippen molar-refractivity contribution in [3.05, 3.63) is 34.0 Å². The molecule has 0 aliphatic carbocycles. The van der Waals surface area contributed by atoms with E-state index in [4.69, 9.17) is 10.2 Å². The molecule has 4 nitrogen and oxygen atoms in total. The van der Waals surface area contributed by atoms with Crippen molar-refractivity contribution in [3.8, 4) is 0 Å². The number of carbonyl (C=O) groups excluding carboxylic acids is 1. The third kappa shape index (κ3) is 2.79. The van der Waals surface area contributed by atoms with Crippen LogP contribution in [0.5, 0.6) is 0 Å². The standard InChI is InChI=1S/C17H21BrN2O2/c1-10-14-9-13(18)3-4-15(14)22-16(10)17(21)20-7-5-12(6-8-20)11(2)19/h3-4,9,11-12H,5-8,19H2,1-2H3. The average molecular weight is 365 g/mol. The van der Waals surface area contributed by atoms with Crippen molar-refractivity contribution in [1.29, 1.82) is 0 Å². The Bertz CT molecular complexity index is 700. The van der Waals surface area contributed by atoms with Gasteiger partial charge in [0.1, 0.15) is 5.58 Å². The third-order valence-electron chi connectivity index (χ3n) is 4.66. The molecule has 1 aromatic carbocycles. The molecule has 1 fully saturated rings. The Hall–Kier alpha value is -1.33. The van der Waals surface area contributed by atoms with Crippen LogP contribution in [0.2, 0.25) is 0 Å². The molecular formula is C17H21BrN2O2. The zero-order valence-corrected chi connectivity index (χ0v) is 14.5. The van der Waals surface area contributed by atoms with Crippen LogP contribution in [-0.4, -0.2) is 29.9 Å². The SMILES string of the molecule is Cc1c(C(=O)N2CCC(C(C)N)CC2)oc2ccc(Br)cc12. The van der Waals surface area contributed by atoms with Gasteiger partial charge in [-0.3, -0.25) is 4.79 Å². The molecule has 1 aliphatic heterocycles. The van der Waals surface area contributed by atoms with E-state index in [2.05, 4.69) is 15.9 Å². The summed E-state index contributed by atoms with van der Waals surface area (Å²) in [4.78, 5) is 14.6. The predicted molar refractivity (Wildman–Crippen MR) is 90.9 cm³/mol. The summed E-state index contributed by atoms with van der Waals surface area (Å²) >= 11 is 3.46. The van der Waals surface area contributed by atoms with Gasteiger partial charge < -0.3 is 15.1 Å². The first-order valence-corrected chi connectivity index (χ1v) is 8.50. The average Bonchev–Trinajstić information content (AvgIpc) is 2.83. The van der Waals surface area contributed by atoms with E-state index in [1.54, 1.807) is 0 Å². The van der Waals surface area contributed by atoms with Crippen molar-refractivity contribution in [2.24, 2.45) is 11.7 Å². The highest BCUT2D eigenvalue weighted by Crippen LogP contribution is 2.30. The molecule has 2 aromatic rings. The first kappa shape index (κ1) is 15.6. The maximum atomic E-state index is 12.7. The lowest BCUT2D eigenvalue weighted by atomic mass is 9.91. The van der Waals surface area contributed by atoms with Gasteiger partial charge in [0.25, 0.3) is 5.91 Å². The summed E-state index contributed by atoms with van der Waals surface area (Å²) in [6, 6.07) is 6.01. The third-order valence-corrected chi connectivity index (χ3v) is 5.16. The number of aryl methyl sites for hydroxylation is 1. The molecule has 5 heteroatoms. The Morgan fingerprint density at radius 1 is 1.41 bits per heavy atom. The molecular weight excluding hydrogens is 344 g/mol. The van der Waals surface area contributed by atoms with Crippen molar-refractivity contribution >= 4 is 32.8 Å². The molecule has 1 amide bonds. The normalized spacial score (nSPS) is 17.9. The van der Waals surface area contributed by atoms with E-state index in [0.717, 1.165) is 46.9 Å². The number of rotatable bonds is 2. The monoisotopic (exact) mass is 364 g/mol. The van der Waals surface area contributed by atoms with E-state index in [0.29, 0.717) is 11.7 Å². The van der Waals surface area contributed by atoms with Gasteiger partial charge in [0.05, 0.1) is 0 Å². The van der Waals surface area contributed by atoms with Crippen LogP contribution in [0.3, 0.4) is 0 Å². The van der Waals surface area contributed by atoms with E-state index in [1.165, 1.54) is 0 Å². The van der Waals surface area contributed by atoms with Crippen molar-refractivity contribution in [2.45, 2.75) is 32.7 Å². The smallest absolute Gasteiger partial charge is 0.289 e. The predicted octanol–water partition coefficient (Wildman–Crippen LogP) is 3.70. The molecule has 0 radical (unpaired) electrons. The molecule has 1 aromatic heterocycles. The second kappa shape index (κ2) is 6.05. The molecule has 0 saturated carbocycles. The van der Waals surface area contributed by atoms with Gasteiger partial charge >= 0.3 is 0 Å². The summed E-state index contributed by atoms with van der Waals surface area (Å²) in [5, 5.41) is 0.989. The summed E-state index contributed by atoms with van der Waals surface area (Å²) in [7, 11) is 0. The molecule has 1 unspecified atom stereocenters. The molecule has 1 atom stereocenters. The lowest BCUT2D eigenvalue weighted by Crippen LogP contribution is -2.42. The number of hydrogen-bond donors (Lipinski definition) is 1. The number of fused-ring (bicyclic) bond motifs is 1. The molecule has 3 rings (SSSR count). The van der Waals surface area contributed by atoms with E-state index in [9.17, 15) is 4.79 Å². The number of nitrogens with zero attached hydrogens (tertiary/aromatic N) is 1. The van der Waals surface area contributed by atoms with Crippen LogP contribution >= 0.6 is 15.9 Å². The fourth-order valence-electron chi connectivity index (χ4n) is 3.17. The highest BCUT2D eigenvalue weighted by atomic mass is 79.9. The zero-order valence-electron chi connectivity index (χ0n) is 12.9. The first-order chi connectivity index (χ1) is 10.5. The lowest BCUT2D eigenvalue weighted by molar-refractivity contribution is 0.0650. The van der Waals surface area contributed by atoms with Gasteiger partial charge in [-0.25, -0.2) is 0 Å². The van der Waals surface area contributed by atoms with Gasteiger partial charge in [-0.15, -0.1) is 0 Å². The zero-order chi connectivity index (χ0) is 15.9. The second-order valence-corrected chi connectivity index (χ2v) is 7.10. The molecule has 118 valence electrons. The van der Waals surface area contributed by atoms with Gasteiger partial charge in [0.2, 0.25) is 0 Å². The Kier molecular flexibility index (Phi) is 4.28. The number of hydrogen-bond acceptors (Lipinski definition) is 3. The topological polar surface area (TPSA) is 59.5 Å². The summed E-state index contributed by atoms with van der Waals surface area (Å²) in [5.74, 6) is 0.970. The quantitative estimate of drug-likeness (QED) is 0.883. The summed E-state index contributed by atoms with van der Waals surface area (Å²) in [5.41, 5.74) is 7.63. The Morgan fingerprint density at radius 2 is 2.09 bits per heavy atom. The van der Waals surface area contributed by atoms with Gasteiger partial charge in [-0.05, 0) is 50.8 Å². The van der Waals surface area contributed by atoms with Crippen LogP contribution in [0.4, 0.5) is 0 Å². The minimum absolute atomic E-state index is 0.00653. The van der Waals surface area contributed by atoms with Crippen LogP contribution in [-0.2, 0) is 0 Å². The number of amides is 1. The summed E-state index contributed by atoms with van der Waals surface area (Å²) in [6.45, 7) is 5.50. The van der Waals surface area contributed by atoms with Gasteiger partial charge in [-0.1, -0.05) is 15.9 Å². The Morgan fingerprint density at radius 3 is 2.73 bits per heavy atom. The number of halogens is 1. The number of benzene rings is 1. The van der Waals surface area contributed by atoms with Crippen molar-refractivity contribution in [2.75, 3.05) is 13.1 Å². The molecule has 2 N–H and O–H groups in total. The Labute approximate surface area is 138 Å². The van der Waals surface area contributed by atoms with Crippen LogP contribution < -0.4 is 5.73 Å². The molecule has 22 heavy (non-hydrogen) atoms. The van der Waals surface area contributed by atoms with Gasteiger partial charge in [0, 0.05) is 34.6 Å². The number of nitrogens with two attached hydrogens (primary N) is 1. The van der Waals surface area contributed by atoms with E-state index >= 15 is 0 Å². The highest BCUT2D eigenvalue weighted by molar-refractivity contribution is 9.10. The lowest BCUT2D eigenvalue weighted by Gasteiger charge is -2.33. The minimum Gasteiger partial charge on any atom is -0.451 e. The largest absolute Gasteiger partial charge is 0.451 e. The molecule has 2 heterocycles. The minimum atomic E-state index is -0.00653. The van der Waals surface area contributed by atoms with Crippen LogP contribution in [0, 0.1) is 12.8 Å². The van der Waals surface area contributed by atoms with Crippen molar-refractivity contribution in [1.82, 2.24) is 4.90 Å². The maximum absolute atomic E-state index is 12.7. The first-order valence-electron chi connectivity index (χ1n) is 7.71. The van der Waals surface area contributed by atoms with Crippen molar-refractivity contribution < 1.29 is 9.21 Å². The molecule has 0 bridgehead atoms. The number of likely N-dealkylation sites (tertiary alicyclic amines) is 1. The Balaban J connectivity index is 1.83. The molecule has 1 aliphatic rings. The number of carbonyl (C=O) groups is 1. The molecule has 1 saturated heterocycles. The van der Waals surface area contributed by atoms with E-state index in [1.807, 2.05) is 36.9 Å². The van der Waals surface area contributed by atoms with Gasteiger partial charge in [0.15, 0.2) is 5.76 Å². The van der Waals surface area contributed by atoms with Crippen LogP contribution in [0.15, 0.2) is 27.1 Å². The van der Waals surface area contributed by atoms with Gasteiger partial charge in [-0.2, -0.15) is 0 Å². The van der Waals surface area contributed by atoms with E-state index in [-0.39, 0.29) is 11.9 Å². The highest BCUT2D eigenvalue weighted by Gasteiger charge is 2.28. The fourth-order valence-corrected chi connectivity index (χ4v) is 3.53. The van der Waals surface area contributed by atoms with E-state index < -0.39 is 0 Å². The maximum Gasteiger partial charge on any atom is 0.289 e. The van der Waals surface area contributed by atoms with Crippen LogP contribution in [0.1, 0.15) is 35.9 Å². The van der Waals surface area contributed by atoms with Crippen molar-refractivity contribution in [3.63, 3.8) is 0 Å². The number of piperidine rings is 1. The summed E-state index contributed by atoms with van der Waals surface area (Å²) < 4.78 is 6.79. The number of furan rings is 1. The second-order valence-electron chi connectivity index (χ2n) is 6.19. The van der Waals surface area contributed by atoms with Crippen LogP contribution in [0.25, 0.3) is 11.0 Å². The summed E-state index contributed by atoms with van der Waals surface area (Å²) in [6.07, 6.45) is 1.93.